The monoisotopic (exact) mass is 680 g/mol. The van der Waals surface area contributed by atoms with Gasteiger partial charge < -0.3 is 14.2 Å². The molecule has 0 spiro atoms. The third-order valence-electron chi connectivity index (χ3n) is 6.69. The first-order chi connectivity index (χ1) is 19.8. The zero-order chi connectivity index (χ0) is 29.1. The third-order valence-corrected chi connectivity index (χ3v) is 8.47. The standard InChI is InChI=1S/C32H29IN2O5S/c1-5-39-31(37)27-20(3)34-32-35(28(27)23-13-11-19(2)12-14-23)30(36)26(41-32)17-22-15-24(33)29(25(16-22)38-4)40-18-21-9-7-6-8-10-21/h6-17,28H,5,18H2,1-4H3/b26-17-/t28-/m1/s1. The molecule has 9 heteroatoms. The summed E-state index contributed by atoms with van der Waals surface area (Å²) in [7, 11) is 1.60. The van der Waals surface area contributed by atoms with Gasteiger partial charge in [0.2, 0.25) is 0 Å². The molecule has 4 aromatic rings. The highest BCUT2D eigenvalue weighted by Crippen LogP contribution is 2.35. The summed E-state index contributed by atoms with van der Waals surface area (Å²) in [5.74, 6) is 0.744. The molecule has 0 unspecified atom stereocenters. The van der Waals surface area contributed by atoms with E-state index in [2.05, 4.69) is 27.6 Å². The number of rotatable bonds is 8. The minimum Gasteiger partial charge on any atom is -0.493 e. The lowest BCUT2D eigenvalue weighted by Crippen LogP contribution is -2.39. The molecule has 0 radical (unpaired) electrons. The largest absolute Gasteiger partial charge is 0.493 e. The minimum absolute atomic E-state index is 0.228. The molecule has 0 fully saturated rings. The molecule has 0 saturated heterocycles. The summed E-state index contributed by atoms with van der Waals surface area (Å²) in [4.78, 5) is 32.2. The van der Waals surface area contributed by atoms with Gasteiger partial charge in [0.05, 0.1) is 39.1 Å². The molecule has 0 amide bonds. The zero-order valence-electron chi connectivity index (χ0n) is 23.1. The number of fused-ring (bicyclic) bond motifs is 1. The van der Waals surface area contributed by atoms with Crippen LogP contribution in [0.25, 0.3) is 6.08 Å². The van der Waals surface area contributed by atoms with Gasteiger partial charge in [-0.2, -0.15) is 0 Å². The highest BCUT2D eigenvalue weighted by molar-refractivity contribution is 14.1. The van der Waals surface area contributed by atoms with Gasteiger partial charge in [-0.15, -0.1) is 0 Å². The van der Waals surface area contributed by atoms with Crippen LogP contribution in [0.15, 0.2) is 87.8 Å². The Morgan fingerprint density at radius 3 is 2.51 bits per heavy atom. The second kappa shape index (κ2) is 12.4. The number of halogens is 1. The van der Waals surface area contributed by atoms with Crippen molar-refractivity contribution in [2.24, 2.45) is 4.99 Å². The van der Waals surface area contributed by atoms with Gasteiger partial charge in [0, 0.05) is 0 Å². The first-order valence-corrected chi connectivity index (χ1v) is 15.0. The van der Waals surface area contributed by atoms with Gasteiger partial charge in [-0.3, -0.25) is 9.36 Å². The fraction of sp³-hybridized carbons (Fsp3) is 0.219. The van der Waals surface area contributed by atoms with Crippen LogP contribution in [0.2, 0.25) is 0 Å². The number of nitrogens with zero attached hydrogens (tertiary/aromatic N) is 2. The molecule has 2 heterocycles. The number of allylic oxidation sites excluding steroid dienone is 1. The average molecular weight is 681 g/mol. The molecule has 1 aliphatic rings. The maximum Gasteiger partial charge on any atom is 0.338 e. The quantitative estimate of drug-likeness (QED) is 0.187. The lowest BCUT2D eigenvalue weighted by atomic mass is 9.95. The highest BCUT2D eigenvalue weighted by atomic mass is 127. The van der Waals surface area contributed by atoms with Crippen LogP contribution in [0.5, 0.6) is 11.5 Å². The molecule has 210 valence electrons. The van der Waals surface area contributed by atoms with Crippen LogP contribution in [0.3, 0.4) is 0 Å². The Morgan fingerprint density at radius 2 is 1.83 bits per heavy atom. The predicted molar refractivity (Wildman–Crippen MR) is 168 cm³/mol. The second-order valence-electron chi connectivity index (χ2n) is 9.52. The van der Waals surface area contributed by atoms with Crippen molar-refractivity contribution in [1.29, 1.82) is 0 Å². The van der Waals surface area contributed by atoms with Gasteiger partial charge in [-0.1, -0.05) is 71.5 Å². The maximum atomic E-state index is 13.9. The number of methoxy groups -OCH3 is 1. The molecule has 41 heavy (non-hydrogen) atoms. The van der Waals surface area contributed by atoms with Crippen molar-refractivity contribution in [2.75, 3.05) is 13.7 Å². The summed E-state index contributed by atoms with van der Waals surface area (Å²) in [6, 6.07) is 20.9. The van der Waals surface area contributed by atoms with Crippen LogP contribution in [0.1, 0.15) is 42.1 Å². The molecule has 5 rings (SSSR count). The van der Waals surface area contributed by atoms with Crippen LogP contribution >= 0.6 is 33.9 Å². The van der Waals surface area contributed by atoms with E-state index in [0.29, 0.717) is 38.7 Å². The molecule has 1 aromatic heterocycles. The van der Waals surface area contributed by atoms with E-state index < -0.39 is 12.0 Å². The summed E-state index contributed by atoms with van der Waals surface area (Å²) in [6.07, 6.45) is 1.82. The number of benzene rings is 3. The van der Waals surface area contributed by atoms with Crippen molar-refractivity contribution in [3.8, 4) is 11.5 Å². The minimum atomic E-state index is -0.642. The topological polar surface area (TPSA) is 79.1 Å². The number of carbonyl (C=O) groups is 1. The third kappa shape index (κ3) is 6.01. The van der Waals surface area contributed by atoms with Crippen molar-refractivity contribution in [3.63, 3.8) is 0 Å². The molecule has 0 saturated carbocycles. The molecular weight excluding hydrogens is 651 g/mol. The second-order valence-corrected chi connectivity index (χ2v) is 11.7. The van der Waals surface area contributed by atoms with E-state index in [1.807, 2.05) is 79.7 Å². The van der Waals surface area contributed by atoms with Gasteiger partial charge in [0.25, 0.3) is 5.56 Å². The Hall–Kier alpha value is -3.70. The Labute approximate surface area is 255 Å². The van der Waals surface area contributed by atoms with E-state index in [1.54, 1.807) is 25.5 Å². The van der Waals surface area contributed by atoms with E-state index in [9.17, 15) is 9.59 Å². The van der Waals surface area contributed by atoms with Crippen molar-refractivity contribution in [1.82, 2.24) is 4.57 Å². The summed E-state index contributed by atoms with van der Waals surface area (Å²) >= 11 is 3.51. The van der Waals surface area contributed by atoms with Crippen molar-refractivity contribution in [2.45, 2.75) is 33.4 Å². The Morgan fingerprint density at radius 1 is 1.10 bits per heavy atom. The van der Waals surface area contributed by atoms with Gasteiger partial charge in [0.1, 0.15) is 6.61 Å². The van der Waals surface area contributed by atoms with E-state index in [-0.39, 0.29) is 12.2 Å². The molecule has 0 N–H and O–H groups in total. The fourth-order valence-corrected chi connectivity index (χ4v) is 6.53. The highest BCUT2D eigenvalue weighted by Gasteiger charge is 2.33. The number of aromatic nitrogens is 1. The Kier molecular flexibility index (Phi) is 8.74. The average Bonchev–Trinajstić information content (AvgIpc) is 3.26. The molecule has 1 aliphatic heterocycles. The van der Waals surface area contributed by atoms with Crippen LogP contribution in [-0.4, -0.2) is 24.3 Å². The van der Waals surface area contributed by atoms with Gasteiger partial charge in [-0.25, -0.2) is 9.79 Å². The summed E-state index contributed by atoms with van der Waals surface area (Å²) < 4.78 is 20.1. The number of carbonyl (C=O) groups excluding carboxylic acids is 1. The van der Waals surface area contributed by atoms with Crippen LogP contribution in [0, 0.1) is 10.5 Å². The SMILES string of the molecule is CCOC(=O)C1=C(C)N=c2s/c(=C\c3cc(I)c(OCc4ccccc4)c(OC)c3)c(=O)n2[C@@H]1c1ccc(C)cc1. The van der Waals surface area contributed by atoms with Crippen molar-refractivity contribution < 1.29 is 19.0 Å². The molecule has 3 aromatic carbocycles. The fourth-order valence-electron chi connectivity index (χ4n) is 4.70. The number of aryl methyl sites for hydroxylation is 1. The summed E-state index contributed by atoms with van der Waals surface area (Å²) in [5, 5.41) is 0. The number of esters is 1. The Balaban J connectivity index is 1.58. The van der Waals surface area contributed by atoms with Crippen LogP contribution in [-0.2, 0) is 16.1 Å². The number of ether oxygens (including phenoxy) is 3. The Bertz CT molecular complexity index is 1810. The number of hydrogen-bond donors (Lipinski definition) is 0. The normalized spacial score (nSPS) is 14.9. The molecular formula is C32H29IN2O5S. The molecule has 7 nitrogen and oxygen atoms in total. The molecule has 0 aliphatic carbocycles. The first-order valence-electron chi connectivity index (χ1n) is 13.1. The molecule has 0 bridgehead atoms. The summed E-state index contributed by atoms with van der Waals surface area (Å²) in [5.41, 5.74) is 4.42. The number of hydrogen-bond acceptors (Lipinski definition) is 7. The van der Waals surface area contributed by atoms with E-state index in [4.69, 9.17) is 14.2 Å². The zero-order valence-corrected chi connectivity index (χ0v) is 26.1. The smallest absolute Gasteiger partial charge is 0.338 e. The van der Waals surface area contributed by atoms with E-state index in [1.165, 1.54) is 11.3 Å². The predicted octanol–water partition coefficient (Wildman–Crippen LogP) is 5.30. The van der Waals surface area contributed by atoms with E-state index >= 15 is 0 Å². The van der Waals surface area contributed by atoms with Crippen LogP contribution in [0.4, 0.5) is 0 Å². The lowest BCUT2D eigenvalue weighted by Gasteiger charge is -2.24. The number of thiazole rings is 1. The van der Waals surface area contributed by atoms with E-state index in [0.717, 1.165) is 25.8 Å². The van der Waals surface area contributed by atoms with Crippen molar-refractivity contribution >= 4 is 46.0 Å². The maximum absolute atomic E-state index is 13.9. The van der Waals surface area contributed by atoms with Crippen molar-refractivity contribution in [3.05, 3.63) is 124 Å². The summed E-state index contributed by atoms with van der Waals surface area (Å²) in [6.45, 7) is 6.18. The van der Waals surface area contributed by atoms with Crippen LogP contribution < -0.4 is 24.4 Å². The van der Waals surface area contributed by atoms with Gasteiger partial charge >= 0.3 is 5.97 Å². The lowest BCUT2D eigenvalue weighted by molar-refractivity contribution is -0.139. The van der Waals surface area contributed by atoms with Gasteiger partial charge in [-0.05, 0) is 78.3 Å². The first kappa shape index (κ1) is 28.8. The van der Waals surface area contributed by atoms with Gasteiger partial charge in [0.15, 0.2) is 16.3 Å². The molecule has 1 atom stereocenters.